The number of fused-ring (bicyclic) bond motifs is 1. The number of hydrogen-bond donors (Lipinski definition) is 1. The lowest BCUT2D eigenvalue weighted by Crippen LogP contribution is -2.20. The molecular formula is C9H6N2O. The van der Waals surface area contributed by atoms with E-state index in [9.17, 15) is 4.79 Å². The molecule has 3 nitrogen and oxygen atoms in total. The largest absolute Gasteiger partial charge is 0.399 e. The smallest absolute Gasteiger partial charge is 0.152 e. The fourth-order valence-corrected chi connectivity index (χ4v) is 1.15. The van der Waals surface area contributed by atoms with Gasteiger partial charge in [-0.2, -0.15) is 0 Å². The predicted octanol–water partition coefficient (Wildman–Crippen LogP) is -0.602. The summed E-state index contributed by atoms with van der Waals surface area (Å²) >= 11 is 0. The molecule has 0 spiro atoms. The van der Waals surface area contributed by atoms with Crippen molar-refractivity contribution in [2.75, 3.05) is 5.73 Å². The van der Waals surface area contributed by atoms with Crippen molar-refractivity contribution < 1.29 is 4.79 Å². The molecule has 0 aliphatic carbocycles. The van der Waals surface area contributed by atoms with Gasteiger partial charge < -0.3 is 5.73 Å². The van der Waals surface area contributed by atoms with Gasteiger partial charge in [-0.15, -0.1) is 0 Å². The van der Waals surface area contributed by atoms with Gasteiger partial charge >= 0.3 is 0 Å². The van der Waals surface area contributed by atoms with Crippen LogP contribution in [0.4, 0.5) is 5.69 Å². The summed E-state index contributed by atoms with van der Waals surface area (Å²) in [5, 5.41) is 1.66. The van der Waals surface area contributed by atoms with Gasteiger partial charge in [-0.05, 0) is 24.3 Å². The van der Waals surface area contributed by atoms with Crippen molar-refractivity contribution in [2.45, 2.75) is 0 Å². The summed E-state index contributed by atoms with van der Waals surface area (Å²) in [4.78, 5) is 14.2. The average molecular weight is 158 g/mol. The first kappa shape index (κ1) is 6.83. The van der Waals surface area contributed by atoms with Gasteiger partial charge in [-0.25, -0.2) is 9.79 Å². The summed E-state index contributed by atoms with van der Waals surface area (Å²) in [5.74, 6) is 1.73. The van der Waals surface area contributed by atoms with Gasteiger partial charge in [-0.3, -0.25) is 0 Å². The predicted molar refractivity (Wildman–Crippen MR) is 45.3 cm³/mol. The van der Waals surface area contributed by atoms with Gasteiger partial charge in [0.15, 0.2) is 5.94 Å². The highest BCUT2D eigenvalue weighted by Crippen LogP contribution is 1.98. The molecule has 3 heteroatoms. The normalized spacial score (nSPS) is 12.8. The number of benzene rings is 1. The van der Waals surface area contributed by atoms with Crippen LogP contribution in [-0.2, 0) is 4.79 Å². The molecule has 0 aromatic heterocycles. The lowest BCUT2D eigenvalue weighted by atomic mass is 10.2. The van der Waals surface area contributed by atoms with E-state index in [2.05, 4.69) is 4.99 Å². The van der Waals surface area contributed by atoms with E-state index in [1.165, 1.54) is 0 Å². The van der Waals surface area contributed by atoms with E-state index >= 15 is 0 Å². The Morgan fingerprint density at radius 2 is 2.25 bits per heavy atom. The zero-order valence-corrected chi connectivity index (χ0v) is 6.24. The monoisotopic (exact) mass is 158 g/mol. The number of rotatable bonds is 0. The van der Waals surface area contributed by atoms with Gasteiger partial charge in [0.2, 0.25) is 0 Å². The third-order valence-corrected chi connectivity index (χ3v) is 1.69. The van der Waals surface area contributed by atoms with E-state index in [1.807, 2.05) is 0 Å². The van der Waals surface area contributed by atoms with E-state index in [0.717, 1.165) is 10.6 Å². The summed E-state index contributed by atoms with van der Waals surface area (Å²) in [5.41, 5.74) is 6.55. The average Bonchev–Trinajstić information content (AvgIpc) is 2.46. The summed E-state index contributed by atoms with van der Waals surface area (Å²) in [7, 11) is 0. The molecule has 1 aliphatic rings. The SMILES string of the molecule is Nc1ccc2c(c1)=CC(=C=O)N=2. The Kier molecular flexibility index (Phi) is 1.32. The second kappa shape index (κ2) is 2.32. The molecule has 58 valence electrons. The van der Waals surface area contributed by atoms with Crippen LogP contribution < -0.4 is 16.3 Å². The summed E-state index contributed by atoms with van der Waals surface area (Å²) in [6.07, 6.45) is 1.67. The summed E-state index contributed by atoms with van der Waals surface area (Å²) in [6.45, 7) is 0. The first-order chi connectivity index (χ1) is 5.79. The van der Waals surface area contributed by atoms with Crippen molar-refractivity contribution in [2.24, 2.45) is 4.99 Å². The molecule has 0 saturated heterocycles. The molecule has 1 aromatic carbocycles. The number of allylic oxidation sites excluding steroid dienone is 1. The first-order valence-electron chi connectivity index (χ1n) is 3.51. The molecular weight excluding hydrogens is 152 g/mol. The Balaban J connectivity index is 2.86. The van der Waals surface area contributed by atoms with Crippen molar-refractivity contribution in [3.63, 3.8) is 0 Å². The Hall–Kier alpha value is -1.86. The van der Waals surface area contributed by atoms with Crippen LogP contribution in [0.1, 0.15) is 0 Å². The molecule has 0 unspecified atom stereocenters. The lowest BCUT2D eigenvalue weighted by Gasteiger charge is -1.87. The van der Waals surface area contributed by atoms with Gasteiger partial charge in [0, 0.05) is 10.9 Å². The van der Waals surface area contributed by atoms with Crippen LogP contribution in [0.15, 0.2) is 28.9 Å². The molecule has 0 saturated carbocycles. The molecule has 2 N–H and O–H groups in total. The quantitative estimate of drug-likeness (QED) is 0.405. The van der Waals surface area contributed by atoms with E-state index < -0.39 is 0 Å². The van der Waals surface area contributed by atoms with Crippen LogP contribution in [0.3, 0.4) is 0 Å². The zero-order chi connectivity index (χ0) is 8.55. The zero-order valence-electron chi connectivity index (χ0n) is 6.24. The maximum Gasteiger partial charge on any atom is 0.152 e. The van der Waals surface area contributed by atoms with Crippen LogP contribution in [-0.4, -0.2) is 5.94 Å². The maximum absolute atomic E-state index is 10.2. The Labute approximate surface area is 68.5 Å². The number of nitrogens with zero attached hydrogens (tertiary/aromatic N) is 1. The van der Waals surface area contributed by atoms with Gasteiger partial charge in [0.05, 0.1) is 5.36 Å². The highest BCUT2D eigenvalue weighted by atomic mass is 16.1. The lowest BCUT2D eigenvalue weighted by molar-refractivity contribution is 0.567. The topological polar surface area (TPSA) is 55.5 Å². The van der Waals surface area contributed by atoms with Crippen molar-refractivity contribution in [1.82, 2.24) is 0 Å². The number of nitrogen functional groups attached to an aromatic ring is 1. The van der Waals surface area contributed by atoms with Crippen molar-refractivity contribution >= 4 is 17.7 Å². The molecule has 0 bridgehead atoms. The maximum atomic E-state index is 10.2. The Morgan fingerprint density at radius 3 is 3.00 bits per heavy atom. The van der Waals surface area contributed by atoms with Crippen LogP contribution in [0, 0.1) is 0 Å². The fourth-order valence-electron chi connectivity index (χ4n) is 1.15. The molecule has 2 rings (SSSR count). The molecule has 0 amide bonds. The minimum absolute atomic E-state index is 0.329. The van der Waals surface area contributed by atoms with Crippen molar-refractivity contribution in [3.8, 4) is 0 Å². The molecule has 0 atom stereocenters. The van der Waals surface area contributed by atoms with E-state index in [1.54, 1.807) is 30.2 Å². The van der Waals surface area contributed by atoms with Crippen LogP contribution >= 0.6 is 0 Å². The fraction of sp³-hybridized carbons (Fsp3) is 0. The van der Waals surface area contributed by atoms with Crippen molar-refractivity contribution in [1.29, 1.82) is 0 Å². The highest BCUT2D eigenvalue weighted by Gasteiger charge is 2.00. The van der Waals surface area contributed by atoms with Crippen LogP contribution in [0.25, 0.3) is 6.08 Å². The van der Waals surface area contributed by atoms with Gasteiger partial charge in [0.1, 0.15) is 5.70 Å². The minimum atomic E-state index is 0.329. The second-order valence-electron chi connectivity index (χ2n) is 2.56. The molecule has 0 fully saturated rings. The number of hydrogen-bond acceptors (Lipinski definition) is 3. The van der Waals surface area contributed by atoms with Crippen LogP contribution in [0.5, 0.6) is 0 Å². The van der Waals surface area contributed by atoms with Crippen molar-refractivity contribution in [3.05, 3.63) is 34.5 Å². The number of anilines is 1. The van der Waals surface area contributed by atoms with Gasteiger partial charge in [-0.1, -0.05) is 0 Å². The van der Waals surface area contributed by atoms with E-state index in [4.69, 9.17) is 5.73 Å². The van der Waals surface area contributed by atoms with E-state index in [0.29, 0.717) is 11.4 Å². The molecule has 1 aromatic rings. The Morgan fingerprint density at radius 1 is 1.42 bits per heavy atom. The molecule has 1 aliphatic heterocycles. The summed E-state index contributed by atoms with van der Waals surface area (Å²) in [6, 6.07) is 5.32. The van der Waals surface area contributed by atoms with E-state index in [-0.39, 0.29) is 0 Å². The molecule has 0 radical (unpaired) electrons. The first-order valence-corrected chi connectivity index (χ1v) is 3.51. The second-order valence-corrected chi connectivity index (χ2v) is 2.56. The third-order valence-electron chi connectivity index (χ3n) is 1.69. The van der Waals surface area contributed by atoms with Crippen LogP contribution in [0.2, 0.25) is 0 Å². The Bertz CT molecular complexity index is 496. The third kappa shape index (κ3) is 0.929. The highest BCUT2D eigenvalue weighted by molar-refractivity contribution is 5.69. The summed E-state index contributed by atoms with van der Waals surface area (Å²) < 4.78 is 0. The molecule has 1 heterocycles. The number of carbonyl (C=O) groups excluding carboxylic acids is 1. The minimum Gasteiger partial charge on any atom is -0.399 e. The standard InChI is InChI=1S/C9H6N2O/c10-7-1-2-9-6(3-7)4-8(5-12)11-9/h1-4H,10H2. The molecule has 12 heavy (non-hydrogen) atoms. The van der Waals surface area contributed by atoms with Gasteiger partial charge in [0.25, 0.3) is 0 Å². The number of nitrogens with two attached hydrogens (primary N) is 1.